The van der Waals surface area contributed by atoms with Gasteiger partial charge in [-0.1, -0.05) is 24.3 Å². The monoisotopic (exact) mass is 324 g/mol. The Morgan fingerprint density at radius 1 is 1.13 bits per heavy atom. The topological polar surface area (TPSA) is 51.2 Å². The molecular formula is C18H16N2O2S. The van der Waals surface area contributed by atoms with E-state index in [0.29, 0.717) is 18.8 Å². The highest BCUT2D eigenvalue weighted by molar-refractivity contribution is 7.07. The second kappa shape index (κ2) is 7.56. The fourth-order valence-electron chi connectivity index (χ4n) is 2.09. The molecule has 23 heavy (non-hydrogen) atoms. The molecule has 0 atom stereocenters. The van der Waals surface area contributed by atoms with Gasteiger partial charge in [0.1, 0.15) is 5.75 Å². The Hall–Kier alpha value is -2.66. The number of hydrogen-bond acceptors (Lipinski definition) is 4. The van der Waals surface area contributed by atoms with Gasteiger partial charge in [0, 0.05) is 18.3 Å². The van der Waals surface area contributed by atoms with Crippen LogP contribution in [0.25, 0.3) is 0 Å². The summed E-state index contributed by atoms with van der Waals surface area (Å²) < 4.78 is 5.79. The number of thiophene rings is 1. The van der Waals surface area contributed by atoms with E-state index in [9.17, 15) is 4.79 Å². The molecule has 116 valence electrons. The minimum absolute atomic E-state index is 0.0158. The number of nitrogens with zero attached hydrogens (tertiary/aromatic N) is 1. The summed E-state index contributed by atoms with van der Waals surface area (Å²) in [5.74, 6) is 1.21. The van der Waals surface area contributed by atoms with Crippen molar-refractivity contribution in [2.45, 2.75) is 13.0 Å². The van der Waals surface area contributed by atoms with Crippen molar-refractivity contribution in [3.63, 3.8) is 0 Å². The molecule has 0 saturated carbocycles. The molecule has 0 aliphatic rings. The number of carbonyl (C=O) groups is 1. The zero-order valence-electron chi connectivity index (χ0n) is 12.4. The van der Waals surface area contributed by atoms with Crippen molar-refractivity contribution in [3.8, 4) is 11.6 Å². The van der Waals surface area contributed by atoms with Crippen molar-refractivity contribution in [3.05, 3.63) is 76.6 Å². The van der Waals surface area contributed by atoms with Crippen molar-refractivity contribution in [1.29, 1.82) is 0 Å². The Morgan fingerprint density at radius 2 is 2.00 bits per heavy atom. The maximum atomic E-state index is 12.0. The van der Waals surface area contributed by atoms with Gasteiger partial charge in [-0.05, 0) is 40.6 Å². The minimum Gasteiger partial charge on any atom is -0.439 e. The van der Waals surface area contributed by atoms with E-state index < -0.39 is 0 Å². The molecule has 2 heterocycles. The number of amides is 1. The highest BCUT2D eigenvalue weighted by Gasteiger charge is 2.08. The largest absolute Gasteiger partial charge is 0.439 e. The van der Waals surface area contributed by atoms with Crippen LogP contribution < -0.4 is 10.1 Å². The second-order valence-electron chi connectivity index (χ2n) is 4.97. The van der Waals surface area contributed by atoms with Crippen LogP contribution in [0.5, 0.6) is 11.6 Å². The fraction of sp³-hybridized carbons (Fsp3) is 0.111. The van der Waals surface area contributed by atoms with Crippen LogP contribution in [0.4, 0.5) is 0 Å². The van der Waals surface area contributed by atoms with Crippen molar-refractivity contribution >= 4 is 17.2 Å². The maximum Gasteiger partial charge on any atom is 0.224 e. The van der Waals surface area contributed by atoms with Gasteiger partial charge in [-0.15, -0.1) is 0 Å². The average molecular weight is 324 g/mol. The van der Waals surface area contributed by atoms with Gasteiger partial charge in [-0.2, -0.15) is 11.3 Å². The van der Waals surface area contributed by atoms with E-state index in [1.807, 2.05) is 59.3 Å². The number of para-hydroxylation sites is 1. The molecule has 1 N–H and O–H groups in total. The Morgan fingerprint density at radius 3 is 2.78 bits per heavy atom. The Kier molecular flexibility index (Phi) is 5.01. The van der Waals surface area contributed by atoms with Crippen LogP contribution >= 0.6 is 11.3 Å². The fourth-order valence-corrected chi connectivity index (χ4v) is 2.75. The third-order valence-corrected chi connectivity index (χ3v) is 3.96. The van der Waals surface area contributed by atoms with Crippen LogP contribution in [-0.4, -0.2) is 10.9 Å². The molecule has 3 aromatic rings. The average Bonchev–Trinajstić information content (AvgIpc) is 3.08. The van der Waals surface area contributed by atoms with Crippen LogP contribution in [0.2, 0.25) is 0 Å². The lowest BCUT2D eigenvalue weighted by molar-refractivity contribution is -0.120. The maximum absolute atomic E-state index is 12.0. The number of aromatic nitrogens is 1. The first-order chi connectivity index (χ1) is 11.3. The van der Waals surface area contributed by atoms with Gasteiger partial charge in [-0.25, -0.2) is 4.98 Å². The summed E-state index contributed by atoms with van der Waals surface area (Å²) in [7, 11) is 0. The summed E-state index contributed by atoms with van der Waals surface area (Å²) in [4.78, 5) is 16.2. The van der Waals surface area contributed by atoms with Crippen LogP contribution in [-0.2, 0) is 17.8 Å². The second-order valence-corrected chi connectivity index (χ2v) is 5.75. The number of rotatable bonds is 6. The molecule has 5 heteroatoms. The van der Waals surface area contributed by atoms with E-state index in [1.165, 1.54) is 0 Å². The molecule has 4 nitrogen and oxygen atoms in total. The lowest BCUT2D eigenvalue weighted by Gasteiger charge is -2.10. The van der Waals surface area contributed by atoms with Gasteiger partial charge in [0.25, 0.3) is 0 Å². The molecule has 0 bridgehead atoms. The van der Waals surface area contributed by atoms with Crippen molar-refractivity contribution in [2.75, 3.05) is 0 Å². The first-order valence-electron chi connectivity index (χ1n) is 7.26. The molecule has 1 amide bonds. The smallest absolute Gasteiger partial charge is 0.224 e. The van der Waals surface area contributed by atoms with Gasteiger partial charge in [0.05, 0.1) is 6.42 Å². The number of ether oxygens (including phenoxy) is 1. The van der Waals surface area contributed by atoms with E-state index in [0.717, 1.165) is 16.9 Å². The molecule has 0 unspecified atom stereocenters. The molecule has 0 spiro atoms. The minimum atomic E-state index is -0.0158. The highest BCUT2D eigenvalue weighted by atomic mass is 32.1. The summed E-state index contributed by atoms with van der Waals surface area (Å²) in [5.41, 5.74) is 1.87. The molecule has 0 radical (unpaired) electrons. The van der Waals surface area contributed by atoms with Gasteiger partial charge >= 0.3 is 0 Å². The van der Waals surface area contributed by atoms with Crippen LogP contribution in [0.1, 0.15) is 11.1 Å². The molecule has 2 aromatic heterocycles. The SMILES string of the molecule is O=C(Cc1ccsc1)NCc1cccnc1Oc1ccccc1. The molecule has 0 saturated heterocycles. The number of pyridine rings is 1. The lowest BCUT2D eigenvalue weighted by Crippen LogP contribution is -2.24. The zero-order chi connectivity index (χ0) is 15.9. The first-order valence-corrected chi connectivity index (χ1v) is 8.20. The summed E-state index contributed by atoms with van der Waals surface area (Å²) in [6.45, 7) is 0.388. The van der Waals surface area contributed by atoms with Gasteiger partial charge in [0.15, 0.2) is 0 Å². The molecule has 0 aliphatic carbocycles. The van der Waals surface area contributed by atoms with Crippen molar-refractivity contribution in [2.24, 2.45) is 0 Å². The van der Waals surface area contributed by atoms with Gasteiger partial charge in [0.2, 0.25) is 11.8 Å². The number of carbonyl (C=O) groups excluding carboxylic acids is 1. The van der Waals surface area contributed by atoms with E-state index in [4.69, 9.17) is 4.74 Å². The van der Waals surface area contributed by atoms with E-state index in [1.54, 1.807) is 17.5 Å². The quantitative estimate of drug-likeness (QED) is 0.750. The third kappa shape index (κ3) is 4.40. The number of benzene rings is 1. The number of nitrogens with one attached hydrogen (secondary N) is 1. The Labute approximate surface area is 138 Å². The number of hydrogen-bond donors (Lipinski definition) is 1. The highest BCUT2D eigenvalue weighted by Crippen LogP contribution is 2.22. The lowest BCUT2D eigenvalue weighted by atomic mass is 10.2. The molecule has 0 fully saturated rings. The predicted molar refractivity (Wildman–Crippen MR) is 90.6 cm³/mol. The summed E-state index contributed by atoms with van der Waals surface area (Å²) in [6, 6.07) is 15.2. The van der Waals surface area contributed by atoms with Crippen LogP contribution in [0, 0.1) is 0 Å². The van der Waals surface area contributed by atoms with Gasteiger partial charge in [-0.3, -0.25) is 4.79 Å². The van der Waals surface area contributed by atoms with Crippen LogP contribution in [0.3, 0.4) is 0 Å². The molecule has 0 aliphatic heterocycles. The standard InChI is InChI=1S/C18H16N2O2S/c21-17(11-14-8-10-23-13-14)20-12-15-5-4-9-19-18(15)22-16-6-2-1-3-7-16/h1-10,13H,11-12H2,(H,20,21). The summed E-state index contributed by atoms with van der Waals surface area (Å²) in [6.07, 6.45) is 2.06. The summed E-state index contributed by atoms with van der Waals surface area (Å²) in [5, 5.41) is 6.86. The van der Waals surface area contributed by atoms with Gasteiger partial charge < -0.3 is 10.1 Å². The van der Waals surface area contributed by atoms with E-state index in [-0.39, 0.29) is 5.91 Å². The van der Waals surface area contributed by atoms with Crippen molar-refractivity contribution in [1.82, 2.24) is 10.3 Å². The van der Waals surface area contributed by atoms with Crippen LogP contribution in [0.15, 0.2) is 65.5 Å². The normalized spacial score (nSPS) is 10.3. The predicted octanol–water partition coefficient (Wildman–Crippen LogP) is 3.79. The van der Waals surface area contributed by atoms with Crippen molar-refractivity contribution < 1.29 is 9.53 Å². The Bertz CT molecular complexity index is 758. The zero-order valence-corrected chi connectivity index (χ0v) is 13.3. The molecule has 1 aromatic carbocycles. The van der Waals surface area contributed by atoms with E-state index in [2.05, 4.69) is 10.3 Å². The first kappa shape index (κ1) is 15.2. The molecular weight excluding hydrogens is 308 g/mol. The molecule has 3 rings (SSSR count). The van der Waals surface area contributed by atoms with E-state index >= 15 is 0 Å². The third-order valence-electron chi connectivity index (χ3n) is 3.23. The summed E-state index contributed by atoms with van der Waals surface area (Å²) >= 11 is 1.59. The Balaban J connectivity index is 1.62.